The lowest BCUT2D eigenvalue weighted by molar-refractivity contribution is -0.119. The highest BCUT2D eigenvalue weighted by atomic mass is 35.5. The molecule has 3 aromatic carbocycles. The highest BCUT2D eigenvalue weighted by molar-refractivity contribution is 6.33. The van der Waals surface area contributed by atoms with Gasteiger partial charge in [0.25, 0.3) is 5.91 Å². The van der Waals surface area contributed by atoms with Crippen LogP contribution in [0.2, 0.25) is 5.02 Å². The molecule has 126 valence electrons. The number of amides is 1. The predicted molar refractivity (Wildman–Crippen MR) is 99.6 cm³/mol. The first kappa shape index (κ1) is 16.9. The fourth-order valence-electron chi connectivity index (χ4n) is 2.40. The molecule has 0 atom stereocenters. The molecule has 0 bridgehead atoms. The number of halogens is 2. The Morgan fingerprint density at radius 2 is 1.84 bits per heavy atom. The maximum atomic E-state index is 13.6. The molecule has 0 saturated carbocycles. The van der Waals surface area contributed by atoms with Gasteiger partial charge in [0.1, 0.15) is 5.82 Å². The van der Waals surface area contributed by atoms with E-state index >= 15 is 0 Å². The molecule has 0 aromatic heterocycles. The molecule has 0 aliphatic carbocycles. The average molecular weight is 356 g/mol. The summed E-state index contributed by atoms with van der Waals surface area (Å²) in [5.74, 6) is -0.851. The number of rotatable bonds is 5. The van der Waals surface area contributed by atoms with Crippen LogP contribution in [-0.4, -0.2) is 18.7 Å². The van der Waals surface area contributed by atoms with Crippen LogP contribution in [0.25, 0.3) is 10.8 Å². The zero-order valence-electron chi connectivity index (χ0n) is 13.2. The minimum atomic E-state index is -0.501. The van der Waals surface area contributed by atoms with E-state index in [9.17, 15) is 9.18 Å². The molecule has 0 aliphatic rings. The number of fused-ring (bicyclic) bond motifs is 1. The van der Waals surface area contributed by atoms with Crippen molar-refractivity contribution in [2.45, 2.75) is 0 Å². The van der Waals surface area contributed by atoms with Gasteiger partial charge < -0.3 is 5.32 Å². The quantitative estimate of drug-likeness (QED) is 0.532. The Labute approximate surface area is 149 Å². The SMILES string of the molecule is O=C(CNc1cccc2ccccc12)NN=Cc1c(F)cccc1Cl. The van der Waals surface area contributed by atoms with Gasteiger partial charge in [0.05, 0.1) is 17.8 Å². The normalized spacial score (nSPS) is 11.0. The van der Waals surface area contributed by atoms with Crippen molar-refractivity contribution in [2.75, 3.05) is 11.9 Å². The maximum Gasteiger partial charge on any atom is 0.259 e. The molecular formula is C19H15ClFN3O. The Hall–Kier alpha value is -2.92. The fourth-order valence-corrected chi connectivity index (χ4v) is 2.61. The van der Waals surface area contributed by atoms with E-state index in [4.69, 9.17) is 11.6 Å². The van der Waals surface area contributed by atoms with Crippen LogP contribution in [0.15, 0.2) is 65.8 Å². The second-order valence-corrected chi connectivity index (χ2v) is 5.72. The molecule has 0 radical (unpaired) electrons. The van der Waals surface area contributed by atoms with Crippen LogP contribution in [0, 0.1) is 5.82 Å². The number of hydrazone groups is 1. The van der Waals surface area contributed by atoms with Gasteiger partial charge in [-0.2, -0.15) is 5.10 Å². The summed E-state index contributed by atoms with van der Waals surface area (Å²) in [6.45, 7) is 0.0380. The lowest BCUT2D eigenvalue weighted by atomic mass is 10.1. The molecule has 0 saturated heterocycles. The van der Waals surface area contributed by atoms with Crippen LogP contribution in [-0.2, 0) is 4.79 Å². The topological polar surface area (TPSA) is 53.5 Å². The Morgan fingerprint density at radius 3 is 2.68 bits per heavy atom. The minimum Gasteiger partial charge on any atom is -0.376 e. The molecule has 4 nitrogen and oxygen atoms in total. The van der Waals surface area contributed by atoms with Crippen molar-refractivity contribution in [3.63, 3.8) is 0 Å². The van der Waals surface area contributed by atoms with Gasteiger partial charge in [0.15, 0.2) is 0 Å². The summed E-state index contributed by atoms with van der Waals surface area (Å²) < 4.78 is 13.6. The molecule has 1 amide bonds. The Kier molecular flexibility index (Phi) is 5.26. The summed E-state index contributed by atoms with van der Waals surface area (Å²) in [6, 6.07) is 18.0. The number of carbonyl (C=O) groups excluding carboxylic acids is 1. The second kappa shape index (κ2) is 7.77. The molecule has 0 heterocycles. The molecule has 2 N–H and O–H groups in total. The van der Waals surface area contributed by atoms with Gasteiger partial charge in [-0.1, -0.05) is 54.1 Å². The zero-order chi connectivity index (χ0) is 17.6. The van der Waals surface area contributed by atoms with Crippen molar-refractivity contribution in [1.29, 1.82) is 0 Å². The van der Waals surface area contributed by atoms with E-state index in [0.717, 1.165) is 16.5 Å². The van der Waals surface area contributed by atoms with Crippen molar-refractivity contribution < 1.29 is 9.18 Å². The Balaban J connectivity index is 1.61. The summed E-state index contributed by atoms with van der Waals surface area (Å²) in [7, 11) is 0. The van der Waals surface area contributed by atoms with Gasteiger partial charge in [0, 0.05) is 16.6 Å². The third-order valence-electron chi connectivity index (χ3n) is 3.61. The highest BCUT2D eigenvalue weighted by Gasteiger charge is 2.05. The van der Waals surface area contributed by atoms with Gasteiger partial charge in [-0.05, 0) is 23.6 Å². The van der Waals surface area contributed by atoms with Crippen LogP contribution in [0.3, 0.4) is 0 Å². The van der Waals surface area contributed by atoms with Crippen molar-refractivity contribution in [3.05, 3.63) is 77.1 Å². The maximum absolute atomic E-state index is 13.6. The molecule has 0 fully saturated rings. The number of hydrogen-bond acceptors (Lipinski definition) is 3. The number of nitrogens with zero attached hydrogens (tertiary/aromatic N) is 1. The van der Waals surface area contributed by atoms with Crippen molar-refractivity contribution >= 4 is 40.2 Å². The van der Waals surface area contributed by atoms with Gasteiger partial charge in [0.2, 0.25) is 0 Å². The summed E-state index contributed by atoms with van der Waals surface area (Å²) in [4.78, 5) is 11.9. The molecule has 25 heavy (non-hydrogen) atoms. The predicted octanol–water partition coefficient (Wildman–Crippen LogP) is 4.19. The molecular weight excluding hydrogens is 341 g/mol. The van der Waals surface area contributed by atoms with Crippen molar-refractivity contribution in [1.82, 2.24) is 5.43 Å². The van der Waals surface area contributed by atoms with E-state index < -0.39 is 5.82 Å². The molecule has 0 aliphatic heterocycles. The minimum absolute atomic E-state index is 0.0380. The van der Waals surface area contributed by atoms with E-state index in [1.165, 1.54) is 18.3 Å². The van der Waals surface area contributed by atoms with Gasteiger partial charge in [-0.25, -0.2) is 9.82 Å². The van der Waals surface area contributed by atoms with Gasteiger partial charge in [-0.3, -0.25) is 4.79 Å². The number of anilines is 1. The van der Waals surface area contributed by atoms with E-state index in [2.05, 4.69) is 15.8 Å². The first-order chi connectivity index (χ1) is 12.1. The standard InChI is InChI=1S/C19H15ClFN3O/c20-16-8-4-9-17(21)15(16)11-23-24-19(25)12-22-18-10-3-6-13-5-1-2-7-14(13)18/h1-11,22H,12H2,(H,24,25). The third kappa shape index (κ3) is 4.14. The average Bonchev–Trinajstić information content (AvgIpc) is 2.62. The van der Waals surface area contributed by atoms with Gasteiger partial charge >= 0.3 is 0 Å². The van der Waals surface area contributed by atoms with Crippen molar-refractivity contribution in [2.24, 2.45) is 5.10 Å². The molecule has 3 rings (SSSR count). The molecule has 0 spiro atoms. The first-order valence-electron chi connectivity index (χ1n) is 7.63. The number of hydrogen-bond donors (Lipinski definition) is 2. The highest BCUT2D eigenvalue weighted by Crippen LogP contribution is 2.22. The van der Waals surface area contributed by atoms with E-state index in [0.29, 0.717) is 0 Å². The first-order valence-corrected chi connectivity index (χ1v) is 8.00. The summed E-state index contributed by atoms with van der Waals surface area (Å²) in [5, 5.41) is 9.16. The summed E-state index contributed by atoms with van der Waals surface area (Å²) in [5.41, 5.74) is 3.33. The molecule has 6 heteroatoms. The summed E-state index contributed by atoms with van der Waals surface area (Å²) in [6.07, 6.45) is 1.19. The lowest BCUT2D eigenvalue weighted by Crippen LogP contribution is -2.26. The summed E-state index contributed by atoms with van der Waals surface area (Å²) >= 11 is 5.89. The van der Waals surface area contributed by atoms with Crippen LogP contribution >= 0.6 is 11.6 Å². The van der Waals surface area contributed by atoms with Gasteiger partial charge in [-0.15, -0.1) is 0 Å². The number of benzene rings is 3. The number of carbonyl (C=O) groups is 1. The van der Waals surface area contributed by atoms with Crippen LogP contribution in [0.4, 0.5) is 10.1 Å². The second-order valence-electron chi connectivity index (χ2n) is 5.31. The fraction of sp³-hybridized carbons (Fsp3) is 0.0526. The van der Waals surface area contributed by atoms with Crippen LogP contribution in [0.5, 0.6) is 0 Å². The van der Waals surface area contributed by atoms with Crippen molar-refractivity contribution in [3.8, 4) is 0 Å². The van der Waals surface area contributed by atoms with E-state index in [1.807, 2.05) is 42.5 Å². The monoisotopic (exact) mass is 355 g/mol. The third-order valence-corrected chi connectivity index (χ3v) is 3.94. The lowest BCUT2D eigenvalue weighted by Gasteiger charge is -2.08. The van der Waals surface area contributed by atoms with E-state index in [1.54, 1.807) is 6.07 Å². The molecule has 0 unspecified atom stereocenters. The van der Waals surface area contributed by atoms with Crippen LogP contribution in [0.1, 0.15) is 5.56 Å². The number of nitrogens with one attached hydrogen (secondary N) is 2. The van der Waals surface area contributed by atoms with Crippen LogP contribution < -0.4 is 10.7 Å². The van der Waals surface area contributed by atoms with E-state index in [-0.39, 0.29) is 23.0 Å². The smallest absolute Gasteiger partial charge is 0.259 e. The largest absolute Gasteiger partial charge is 0.376 e. The molecule has 3 aromatic rings. The zero-order valence-corrected chi connectivity index (χ0v) is 13.9. The Bertz CT molecular complexity index is 917. The Morgan fingerprint density at radius 1 is 1.08 bits per heavy atom.